The van der Waals surface area contributed by atoms with Crippen LogP contribution in [-0.2, 0) is 10.0 Å². The maximum Gasteiger partial charge on any atom is 0.323 e. The third-order valence-electron chi connectivity index (χ3n) is 3.59. The van der Waals surface area contributed by atoms with E-state index in [1.54, 1.807) is 18.2 Å². The third-order valence-corrected chi connectivity index (χ3v) is 5.24. The predicted molar refractivity (Wildman–Crippen MR) is 110 cm³/mol. The van der Waals surface area contributed by atoms with Crippen LogP contribution in [0.1, 0.15) is 19.8 Å². The lowest BCUT2D eigenvalue weighted by molar-refractivity contribution is 0.262. The number of carbonyl (C=O) groups excluding carboxylic acids is 1. The average molecular weight is 431 g/mol. The second-order valence-corrected chi connectivity index (χ2v) is 8.12. The highest BCUT2D eigenvalue weighted by molar-refractivity contribution is 7.89. The molecule has 0 aromatic heterocycles. The number of nitrogens with one attached hydrogen (secondary N) is 3. The van der Waals surface area contributed by atoms with Crippen LogP contribution in [0.5, 0.6) is 0 Å². The van der Waals surface area contributed by atoms with Gasteiger partial charge in [-0.05, 0) is 42.8 Å². The monoisotopic (exact) mass is 430 g/mol. The van der Waals surface area contributed by atoms with Crippen LogP contribution in [0.3, 0.4) is 0 Å². The summed E-state index contributed by atoms with van der Waals surface area (Å²) >= 11 is 11.8. The van der Waals surface area contributed by atoms with Crippen molar-refractivity contribution in [3.63, 3.8) is 0 Å². The number of hydrogen-bond donors (Lipinski definition) is 4. The number of rotatable bonds is 7. The molecule has 2 rings (SSSR count). The van der Waals surface area contributed by atoms with Crippen LogP contribution in [0, 0.1) is 0 Å². The highest BCUT2D eigenvalue weighted by Crippen LogP contribution is 2.27. The summed E-state index contributed by atoms with van der Waals surface area (Å²) in [6.45, 7) is 2.73. The quantitative estimate of drug-likeness (QED) is 0.484. The maximum atomic E-state index is 12.3. The first-order valence-corrected chi connectivity index (χ1v) is 10.4. The molecule has 0 unspecified atom stereocenters. The van der Waals surface area contributed by atoms with Gasteiger partial charge in [0.2, 0.25) is 10.0 Å². The van der Waals surface area contributed by atoms with E-state index in [2.05, 4.69) is 22.9 Å². The first-order valence-electron chi connectivity index (χ1n) is 8.14. The number of sulfonamides is 1. The van der Waals surface area contributed by atoms with Gasteiger partial charge in [0.25, 0.3) is 0 Å². The van der Waals surface area contributed by atoms with Gasteiger partial charge in [0.15, 0.2) is 0 Å². The number of primary sulfonamides is 1. The minimum Gasteiger partial charge on any atom is -0.383 e. The van der Waals surface area contributed by atoms with Gasteiger partial charge in [-0.1, -0.05) is 36.5 Å². The molecule has 0 aliphatic heterocycles. The van der Waals surface area contributed by atoms with E-state index in [1.807, 2.05) is 0 Å². The van der Waals surface area contributed by atoms with Gasteiger partial charge < -0.3 is 16.0 Å². The van der Waals surface area contributed by atoms with Crippen molar-refractivity contribution in [2.75, 3.05) is 22.5 Å². The molecule has 0 bridgehead atoms. The van der Waals surface area contributed by atoms with Gasteiger partial charge in [-0.25, -0.2) is 18.4 Å². The number of amides is 2. The summed E-state index contributed by atoms with van der Waals surface area (Å²) in [7, 11) is -3.90. The molecule has 2 aromatic rings. The Bertz CT molecular complexity index is 936. The summed E-state index contributed by atoms with van der Waals surface area (Å²) in [6.07, 6.45) is 1.91. The predicted octanol–water partition coefficient (Wildman–Crippen LogP) is 4.50. The van der Waals surface area contributed by atoms with Gasteiger partial charge in [0.1, 0.15) is 0 Å². The highest BCUT2D eigenvalue weighted by atomic mass is 35.5. The van der Waals surface area contributed by atoms with E-state index in [0.717, 1.165) is 12.8 Å². The summed E-state index contributed by atoms with van der Waals surface area (Å²) < 4.78 is 23.2. The number of nitrogens with two attached hydrogens (primary N) is 1. The Morgan fingerprint density at radius 1 is 1.04 bits per heavy atom. The van der Waals surface area contributed by atoms with Crippen molar-refractivity contribution >= 4 is 56.3 Å². The maximum absolute atomic E-state index is 12.3. The lowest BCUT2D eigenvalue weighted by atomic mass is 10.2. The lowest BCUT2D eigenvalue weighted by Crippen LogP contribution is -2.21. The minimum atomic E-state index is -3.90. The van der Waals surface area contributed by atoms with E-state index >= 15 is 0 Å². The Balaban J connectivity index is 2.22. The van der Waals surface area contributed by atoms with Gasteiger partial charge in [-0.3, -0.25) is 0 Å². The van der Waals surface area contributed by atoms with Crippen LogP contribution >= 0.6 is 23.2 Å². The standard InChI is InChI=1S/C17H20Cl2N4O3S/c1-2-3-8-21-15-7-5-12(27(20,25)26)10-16(15)23-17(24)22-11-4-6-13(18)14(19)9-11/h4-7,9-10,21H,2-3,8H2,1H3,(H2,20,25,26)(H2,22,23,24). The molecule has 0 saturated heterocycles. The molecule has 5 N–H and O–H groups in total. The van der Waals surface area contributed by atoms with Crippen LogP contribution < -0.4 is 21.1 Å². The number of benzene rings is 2. The third kappa shape index (κ3) is 6.28. The van der Waals surface area contributed by atoms with Crippen LogP contribution in [0.25, 0.3) is 0 Å². The Hall–Kier alpha value is -2.00. The molecular weight excluding hydrogens is 411 g/mol. The molecule has 0 heterocycles. The van der Waals surface area contributed by atoms with E-state index in [0.29, 0.717) is 28.0 Å². The number of hydrogen-bond acceptors (Lipinski definition) is 4. The van der Waals surface area contributed by atoms with E-state index in [4.69, 9.17) is 28.3 Å². The fourth-order valence-corrected chi connectivity index (χ4v) is 3.05. The van der Waals surface area contributed by atoms with Gasteiger partial charge in [-0.2, -0.15) is 0 Å². The number of urea groups is 1. The second-order valence-electron chi connectivity index (χ2n) is 5.74. The molecule has 0 spiro atoms. The second kappa shape index (κ2) is 9.27. The molecule has 7 nitrogen and oxygen atoms in total. The van der Waals surface area contributed by atoms with Crippen molar-refractivity contribution in [2.24, 2.45) is 5.14 Å². The fraction of sp³-hybridized carbons (Fsp3) is 0.235. The zero-order valence-electron chi connectivity index (χ0n) is 14.6. The average Bonchev–Trinajstić information content (AvgIpc) is 2.58. The van der Waals surface area contributed by atoms with E-state index in [9.17, 15) is 13.2 Å². The van der Waals surface area contributed by atoms with Gasteiger partial charge in [-0.15, -0.1) is 0 Å². The molecule has 0 fully saturated rings. The summed E-state index contributed by atoms with van der Waals surface area (Å²) in [6, 6.07) is 8.32. The molecule has 2 aromatic carbocycles. The van der Waals surface area contributed by atoms with E-state index in [-0.39, 0.29) is 10.6 Å². The highest BCUT2D eigenvalue weighted by Gasteiger charge is 2.14. The summed E-state index contributed by atoms with van der Waals surface area (Å²) in [5.74, 6) is 0. The fourth-order valence-electron chi connectivity index (χ4n) is 2.22. The largest absolute Gasteiger partial charge is 0.383 e. The first-order chi connectivity index (χ1) is 12.7. The number of unbranched alkanes of at least 4 members (excludes halogenated alkanes) is 1. The summed E-state index contributed by atoms with van der Waals surface area (Å²) in [5.41, 5.74) is 1.31. The molecule has 10 heteroatoms. The molecule has 0 aliphatic carbocycles. The topological polar surface area (TPSA) is 113 Å². The smallest absolute Gasteiger partial charge is 0.323 e. The van der Waals surface area contributed by atoms with Crippen molar-refractivity contribution in [2.45, 2.75) is 24.7 Å². The normalized spacial score (nSPS) is 11.1. The zero-order chi connectivity index (χ0) is 20.0. The summed E-state index contributed by atoms with van der Waals surface area (Å²) in [4.78, 5) is 12.2. The molecule has 0 aliphatic rings. The van der Waals surface area contributed by atoms with Crippen LogP contribution in [0.15, 0.2) is 41.3 Å². The molecule has 0 radical (unpaired) electrons. The van der Waals surface area contributed by atoms with E-state index < -0.39 is 16.1 Å². The summed E-state index contributed by atoms with van der Waals surface area (Å²) in [5, 5.41) is 14.2. The molecule has 0 saturated carbocycles. The SMILES string of the molecule is CCCCNc1ccc(S(N)(=O)=O)cc1NC(=O)Nc1ccc(Cl)c(Cl)c1. The van der Waals surface area contributed by atoms with Gasteiger partial charge >= 0.3 is 6.03 Å². The van der Waals surface area contributed by atoms with Crippen LogP contribution in [0.4, 0.5) is 21.9 Å². The molecule has 2 amide bonds. The lowest BCUT2D eigenvalue weighted by Gasteiger charge is -2.15. The number of anilines is 3. The van der Waals surface area contributed by atoms with Crippen molar-refractivity contribution in [1.29, 1.82) is 0 Å². The molecule has 27 heavy (non-hydrogen) atoms. The minimum absolute atomic E-state index is 0.103. The van der Waals surface area contributed by atoms with Crippen LogP contribution in [0.2, 0.25) is 10.0 Å². The van der Waals surface area contributed by atoms with Crippen molar-refractivity contribution in [1.82, 2.24) is 0 Å². The van der Waals surface area contributed by atoms with Crippen molar-refractivity contribution in [3.8, 4) is 0 Å². The van der Waals surface area contributed by atoms with E-state index in [1.165, 1.54) is 18.2 Å². The van der Waals surface area contributed by atoms with Crippen molar-refractivity contribution < 1.29 is 13.2 Å². The Morgan fingerprint density at radius 3 is 2.41 bits per heavy atom. The zero-order valence-corrected chi connectivity index (χ0v) is 16.9. The van der Waals surface area contributed by atoms with Gasteiger partial charge in [0.05, 0.1) is 26.3 Å². The molecule has 0 atom stereocenters. The number of carbonyl (C=O) groups is 1. The first kappa shape index (κ1) is 21.3. The van der Waals surface area contributed by atoms with Crippen LogP contribution in [-0.4, -0.2) is 21.0 Å². The Labute approximate surface area is 168 Å². The molecular formula is C17H20Cl2N4O3S. The van der Waals surface area contributed by atoms with Crippen molar-refractivity contribution in [3.05, 3.63) is 46.4 Å². The Kier molecular flexibility index (Phi) is 7.32. The Morgan fingerprint density at radius 2 is 1.78 bits per heavy atom. The number of halogens is 2. The molecule has 146 valence electrons. The van der Waals surface area contributed by atoms with Gasteiger partial charge in [0, 0.05) is 12.2 Å².